The molecule has 0 aliphatic rings. The molecule has 112 valence electrons. The number of hydrogen-bond donors (Lipinski definition) is 3. The van der Waals surface area contributed by atoms with Crippen LogP contribution in [0.1, 0.15) is 16.8 Å². The Morgan fingerprint density at radius 1 is 1.24 bits per heavy atom. The zero-order valence-electron chi connectivity index (χ0n) is 11.1. The molecule has 6 nitrogen and oxygen atoms in total. The van der Waals surface area contributed by atoms with Gasteiger partial charge in [0.05, 0.1) is 6.54 Å². The highest BCUT2D eigenvalue weighted by Crippen LogP contribution is 2.10. The van der Waals surface area contributed by atoms with Gasteiger partial charge in [-0.1, -0.05) is 40.7 Å². The fraction of sp³-hybridized carbons (Fsp3) is 0.214. The molecule has 1 atom stereocenters. The third kappa shape index (κ3) is 6.22. The van der Waals surface area contributed by atoms with Crippen molar-refractivity contribution >= 4 is 33.7 Å². The Bertz CT molecular complexity index is 545. The molecule has 1 aromatic carbocycles. The molecule has 1 rings (SSSR count). The summed E-state index contributed by atoms with van der Waals surface area (Å²) in [7, 11) is 0. The van der Waals surface area contributed by atoms with Gasteiger partial charge in [0, 0.05) is 12.0 Å². The van der Waals surface area contributed by atoms with E-state index < -0.39 is 23.8 Å². The summed E-state index contributed by atoms with van der Waals surface area (Å²) in [6, 6.07) is 7.32. The molecule has 0 aliphatic carbocycles. The molecule has 3 N–H and O–H groups in total. The number of benzene rings is 1. The smallest absolute Gasteiger partial charge is 0.326 e. The zero-order chi connectivity index (χ0) is 15.8. The fourth-order valence-electron chi connectivity index (χ4n) is 1.52. The third-order valence-electron chi connectivity index (χ3n) is 2.50. The second-order valence-electron chi connectivity index (χ2n) is 4.23. The van der Waals surface area contributed by atoms with Gasteiger partial charge in [-0.25, -0.2) is 4.79 Å². The van der Waals surface area contributed by atoms with Gasteiger partial charge in [-0.3, -0.25) is 9.59 Å². The molecule has 0 unspecified atom stereocenters. The minimum atomic E-state index is -1.17. The van der Waals surface area contributed by atoms with E-state index in [1.54, 1.807) is 30.3 Å². The highest BCUT2D eigenvalue weighted by molar-refractivity contribution is 9.11. The Morgan fingerprint density at radius 2 is 1.86 bits per heavy atom. The number of carbonyl (C=O) groups is 3. The molecule has 0 radical (unpaired) electrons. The van der Waals surface area contributed by atoms with Gasteiger partial charge in [-0.2, -0.15) is 0 Å². The van der Waals surface area contributed by atoms with E-state index in [1.165, 1.54) is 0 Å². The van der Waals surface area contributed by atoms with Crippen LogP contribution < -0.4 is 10.6 Å². The summed E-state index contributed by atoms with van der Waals surface area (Å²) >= 11 is 3.05. The van der Waals surface area contributed by atoms with Crippen LogP contribution >= 0.6 is 15.9 Å². The third-order valence-corrected chi connectivity index (χ3v) is 2.83. The van der Waals surface area contributed by atoms with E-state index >= 15 is 0 Å². The van der Waals surface area contributed by atoms with Gasteiger partial charge >= 0.3 is 5.97 Å². The van der Waals surface area contributed by atoms with E-state index in [4.69, 9.17) is 5.11 Å². The maximum Gasteiger partial charge on any atom is 0.326 e. The highest BCUT2D eigenvalue weighted by atomic mass is 79.9. The van der Waals surface area contributed by atoms with Crippen LogP contribution in [0.2, 0.25) is 0 Å². The summed E-state index contributed by atoms with van der Waals surface area (Å²) in [5, 5.41) is 13.7. The Kier molecular flexibility index (Phi) is 6.61. The first-order valence-electron chi connectivity index (χ1n) is 6.09. The van der Waals surface area contributed by atoms with Crippen molar-refractivity contribution in [2.24, 2.45) is 0 Å². The number of aliphatic carboxylic acids is 1. The largest absolute Gasteiger partial charge is 0.480 e. The summed E-state index contributed by atoms with van der Waals surface area (Å²) in [4.78, 5) is 34.3. The maximum atomic E-state index is 11.7. The van der Waals surface area contributed by atoms with Crippen molar-refractivity contribution in [3.05, 3.63) is 47.0 Å². The average molecular weight is 355 g/mol. The van der Waals surface area contributed by atoms with Crippen LogP contribution in [0, 0.1) is 0 Å². The second kappa shape index (κ2) is 8.21. The second-order valence-corrected chi connectivity index (χ2v) is 5.35. The maximum absolute atomic E-state index is 11.7. The number of rotatable bonds is 7. The minimum Gasteiger partial charge on any atom is -0.480 e. The van der Waals surface area contributed by atoms with Gasteiger partial charge in [0.2, 0.25) is 5.91 Å². The number of hydrogen-bond acceptors (Lipinski definition) is 3. The SMILES string of the molecule is C=C(Br)C[C@@H](NC(=O)CNC(=O)c1ccccc1)C(=O)O. The molecule has 0 saturated carbocycles. The molecule has 0 bridgehead atoms. The monoisotopic (exact) mass is 354 g/mol. The lowest BCUT2D eigenvalue weighted by Gasteiger charge is -2.14. The van der Waals surface area contributed by atoms with Crippen molar-refractivity contribution < 1.29 is 19.5 Å². The Balaban J connectivity index is 2.48. The van der Waals surface area contributed by atoms with Gasteiger partial charge in [0.1, 0.15) is 6.04 Å². The lowest BCUT2D eigenvalue weighted by atomic mass is 10.2. The quantitative estimate of drug-likeness (QED) is 0.687. The Morgan fingerprint density at radius 3 is 2.38 bits per heavy atom. The fourth-order valence-corrected chi connectivity index (χ4v) is 1.84. The van der Waals surface area contributed by atoms with E-state index in [1.807, 2.05) is 0 Å². The van der Waals surface area contributed by atoms with Crippen molar-refractivity contribution in [1.29, 1.82) is 0 Å². The van der Waals surface area contributed by atoms with Crippen molar-refractivity contribution in [2.75, 3.05) is 6.54 Å². The molecule has 1 aromatic rings. The van der Waals surface area contributed by atoms with E-state index in [2.05, 4.69) is 33.1 Å². The van der Waals surface area contributed by atoms with Gasteiger partial charge in [-0.15, -0.1) is 0 Å². The standard InChI is InChI=1S/C14H15BrN2O4/c1-9(15)7-11(14(20)21)17-12(18)8-16-13(19)10-5-3-2-4-6-10/h2-6,11H,1,7-8H2,(H,16,19)(H,17,18)(H,20,21)/t11-/m1/s1. The molecule has 7 heteroatoms. The van der Waals surface area contributed by atoms with Crippen LogP contribution in [-0.2, 0) is 9.59 Å². The average Bonchev–Trinajstić information content (AvgIpc) is 2.44. The number of carboxylic acid groups (broad SMARTS) is 1. The van der Waals surface area contributed by atoms with Crippen molar-refractivity contribution in [1.82, 2.24) is 10.6 Å². The minimum absolute atomic E-state index is 0.0632. The molecular formula is C14H15BrN2O4. The van der Waals surface area contributed by atoms with Crippen LogP contribution in [0.15, 0.2) is 41.4 Å². The van der Waals surface area contributed by atoms with E-state index in [9.17, 15) is 14.4 Å². The normalized spacial score (nSPS) is 11.3. The molecular weight excluding hydrogens is 340 g/mol. The topological polar surface area (TPSA) is 95.5 Å². The van der Waals surface area contributed by atoms with Crippen LogP contribution in [0.4, 0.5) is 0 Å². The predicted octanol–water partition coefficient (Wildman–Crippen LogP) is 1.28. The Labute approximate surface area is 130 Å². The molecule has 0 aliphatic heterocycles. The first-order chi connectivity index (χ1) is 9.90. The van der Waals surface area contributed by atoms with Crippen LogP contribution in [0.25, 0.3) is 0 Å². The van der Waals surface area contributed by atoms with E-state index in [-0.39, 0.29) is 13.0 Å². The van der Waals surface area contributed by atoms with Gasteiger partial charge in [-0.05, 0) is 16.6 Å². The molecule has 0 spiro atoms. The predicted molar refractivity (Wildman–Crippen MR) is 81.0 cm³/mol. The highest BCUT2D eigenvalue weighted by Gasteiger charge is 2.20. The number of carbonyl (C=O) groups excluding carboxylic acids is 2. The first-order valence-corrected chi connectivity index (χ1v) is 6.88. The lowest BCUT2D eigenvalue weighted by molar-refractivity contribution is -0.141. The summed E-state index contributed by atoms with van der Waals surface area (Å²) in [5.41, 5.74) is 0.425. The molecule has 2 amide bonds. The molecule has 0 saturated heterocycles. The Hall–Kier alpha value is -2.15. The van der Waals surface area contributed by atoms with Crippen molar-refractivity contribution in [3.8, 4) is 0 Å². The molecule has 0 fully saturated rings. The van der Waals surface area contributed by atoms with Crippen molar-refractivity contribution in [3.63, 3.8) is 0 Å². The van der Waals surface area contributed by atoms with Crippen molar-refractivity contribution in [2.45, 2.75) is 12.5 Å². The number of halogens is 1. The summed E-state index contributed by atoms with van der Waals surface area (Å²) < 4.78 is 0.462. The summed E-state index contributed by atoms with van der Waals surface area (Å²) in [5.74, 6) is -2.15. The number of amides is 2. The van der Waals surface area contributed by atoms with E-state index in [0.717, 1.165) is 0 Å². The van der Waals surface area contributed by atoms with Crippen LogP contribution in [0.3, 0.4) is 0 Å². The van der Waals surface area contributed by atoms with Gasteiger partial charge in [0.15, 0.2) is 0 Å². The van der Waals surface area contributed by atoms with E-state index in [0.29, 0.717) is 10.0 Å². The van der Waals surface area contributed by atoms with Crippen LogP contribution in [0.5, 0.6) is 0 Å². The number of carboxylic acids is 1. The molecule has 21 heavy (non-hydrogen) atoms. The zero-order valence-corrected chi connectivity index (χ0v) is 12.7. The van der Waals surface area contributed by atoms with Gasteiger partial charge < -0.3 is 15.7 Å². The molecule has 0 aromatic heterocycles. The van der Waals surface area contributed by atoms with Gasteiger partial charge in [0.25, 0.3) is 5.91 Å². The number of nitrogens with one attached hydrogen (secondary N) is 2. The molecule has 0 heterocycles. The summed E-state index contributed by atoms with van der Waals surface area (Å²) in [6.45, 7) is 3.23. The van der Waals surface area contributed by atoms with Crippen LogP contribution in [-0.4, -0.2) is 35.5 Å². The summed E-state index contributed by atoms with van der Waals surface area (Å²) in [6.07, 6.45) is 0.0632. The first kappa shape index (κ1) is 16.9. The lowest BCUT2D eigenvalue weighted by Crippen LogP contribution is -2.45.